The molecule has 1 aromatic carbocycles. The molecule has 2 rings (SSSR count). The van der Waals surface area contributed by atoms with Crippen LogP contribution < -0.4 is 0 Å². The van der Waals surface area contributed by atoms with Gasteiger partial charge in [0.2, 0.25) is 0 Å². The zero-order valence-electron chi connectivity index (χ0n) is 12.6. The first-order valence-corrected chi connectivity index (χ1v) is 7.44. The average molecular weight is 290 g/mol. The maximum absolute atomic E-state index is 12.6. The largest absolute Gasteiger partial charge is 0.478 e. The van der Waals surface area contributed by atoms with E-state index in [1.807, 2.05) is 0 Å². The highest BCUT2D eigenvalue weighted by Crippen LogP contribution is 2.19. The molecule has 1 atom stereocenters. The van der Waals surface area contributed by atoms with Crippen molar-refractivity contribution in [1.82, 2.24) is 9.80 Å². The monoisotopic (exact) mass is 290 g/mol. The third-order valence-electron chi connectivity index (χ3n) is 4.17. The Morgan fingerprint density at radius 2 is 1.86 bits per heavy atom. The van der Waals surface area contributed by atoms with Gasteiger partial charge in [-0.05, 0) is 31.6 Å². The summed E-state index contributed by atoms with van der Waals surface area (Å²) < 4.78 is 0. The van der Waals surface area contributed by atoms with Crippen LogP contribution in [0.1, 0.15) is 41.0 Å². The fourth-order valence-electron chi connectivity index (χ4n) is 2.99. The molecule has 0 aliphatic carbocycles. The van der Waals surface area contributed by atoms with E-state index >= 15 is 0 Å². The molecule has 5 nitrogen and oxygen atoms in total. The quantitative estimate of drug-likeness (QED) is 0.900. The van der Waals surface area contributed by atoms with E-state index in [0.717, 1.165) is 19.5 Å². The summed E-state index contributed by atoms with van der Waals surface area (Å²) in [4.78, 5) is 27.9. The predicted molar refractivity (Wildman–Crippen MR) is 80.6 cm³/mol. The molecule has 0 radical (unpaired) electrons. The van der Waals surface area contributed by atoms with E-state index in [-0.39, 0.29) is 17.0 Å². The zero-order chi connectivity index (χ0) is 15.4. The number of rotatable bonds is 5. The number of hydrogen-bond acceptors (Lipinski definition) is 3. The summed E-state index contributed by atoms with van der Waals surface area (Å²) in [6.45, 7) is 7.54. The summed E-state index contributed by atoms with van der Waals surface area (Å²) in [5, 5.41) is 9.19. The van der Waals surface area contributed by atoms with Crippen LogP contribution in [-0.4, -0.2) is 59.0 Å². The highest BCUT2D eigenvalue weighted by Gasteiger charge is 2.31. The minimum Gasteiger partial charge on any atom is -0.478 e. The number of likely N-dealkylation sites (tertiary alicyclic amines) is 1. The molecule has 21 heavy (non-hydrogen) atoms. The minimum atomic E-state index is -1.06. The minimum absolute atomic E-state index is 0.0776. The number of carbonyl (C=O) groups is 2. The lowest BCUT2D eigenvalue weighted by Gasteiger charge is -2.26. The van der Waals surface area contributed by atoms with Crippen molar-refractivity contribution in [1.29, 1.82) is 0 Å². The second kappa shape index (κ2) is 6.72. The van der Waals surface area contributed by atoms with Crippen LogP contribution in [0, 0.1) is 0 Å². The van der Waals surface area contributed by atoms with Crippen molar-refractivity contribution in [2.24, 2.45) is 0 Å². The molecule has 1 aliphatic heterocycles. The number of aromatic carboxylic acids is 1. The molecule has 0 aromatic heterocycles. The number of benzene rings is 1. The average Bonchev–Trinajstić information content (AvgIpc) is 2.97. The van der Waals surface area contributed by atoms with E-state index < -0.39 is 5.97 Å². The van der Waals surface area contributed by atoms with Gasteiger partial charge in [0, 0.05) is 19.1 Å². The van der Waals surface area contributed by atoms with Crippen molar-refractivity contribution in [2.75, 3.05) is 26.2 Å². The molecule has 114 valence electrons. The first kappa shape index (κ1) is 15.5. The molecule has 0 bridgehead atoms. The summed E-state index contributed by atoms with van der Waals surface area (Å²) in [7, 11) is 0. The Labute approximate surface area is 125 Å². The number of amides is 1. The highest BCUT2D eigenvalue weighted by molar-refractivity contribution is 6.04. The van der Waals surface area contributed by atoms with E-state index in [9.17, 15) is 14.7 Å². The summed E-state index contributed by atoms with van der Waals surface area (Å²) in [6.07, 6.45) is 0.947. The molecule has 1 fully saturated rings. The Balaban J connectivity index is 2.14. The van der Waals surface area contributed by atoms with Gasteiger partial charge in [-0.3, -0.25) is 9.69 Å². The topological polar surface area (TPSA) is 60.9 Å². The van der Waals surface area contributed by atoms with Crippen molar-refractivity contribution in [3.8, 4) is 0 Å². The Bertz CT molecular complexity index is 526. The van der Waals surface area contributed by atoms with E-state index in [1.54, 1.807) is 23.1 Å². The van der Waals surface area contributed by atoms with Crippen molar-refractivity contribution in [3.05, 3.63) is 35.4 Å². The molecule has 1 saturated heterocycles. The molecule has 1 unspecified atom stereocenters. The van der Waals surface area contributed by atoms with E-state index in [2.05, 4.69) is 18.7 Å². The maximum atomic E-state index is 12.6. The Hall–Kier alpha value is -1.88. The number of carbonyl (C=O) groups excluding carboxylic acids is 1. The van der Waals surface area contributed by atoms with Gasteiger partial charge in [-0.15, -0.1) is 0 Å². The van der Waals surface area contributed by atoms with Gasteiger partial charge in [0.1, 0.15) is 0 Å². The summed E-state index contributed by atoms with van der Waals surface area (Å²) in [5.74, 6) is -1.24. The molecule has 0 spiro atoms. The molecular weight excluding hydrogens is 268 g/mol. The van der Waals surface area contributed by atoms with Crippen LogP contribution in [-0.2, 0) is 0 Å². The van der Waals surface area contributed by atoms with E-state index in [1.165, 1.54) is 6.07 Å². The van der Waals surface area contributed by atoms with Crippen LogP contribution in [0.3, 0.4) is 0 Å². The fourth-order valence-corrected chi connectivity index (χ4v) is 2.99. The molecule has 0 saturated carbocycles. The Kier molecular flexibility index (Phi) is 4.96. The fraction of sp³-hybridized carbons (Fsp3) is 0.500. The number of carboxylic acid groups (broad SMARTS) is 1. The Morgan fingerprint density at radius 3 is 2.43 bits per heavy atom. The molecule has 1 N–H and O–H groups in total. The number of likely N-dealkylation sites (N-methyl/N-ethyl adjacent to an activating group) is 1. The van der Waals surface area contributed by atoms with Gasteiger partial charge in [-0.1, -0.05) is 26.0 Å². The lowest BCUT2D eigenvalue weighted by Crippen LogP contribution is -2.38. The molecule has 1 aromatic rings. The van der Waals surface area contributed by atoms with Crippen molar-refractivity contribution < 1.29 is 14.7 Å². The van der Waals surface area contributed by atoms with Crippen molar-refractivity contribution in [2.45, 2.75) is 26.3 Å². The molecule has 1 aliphatic rings. The molecule has 5 heteroatoms. The standard InChI is InChI=1S/C16H22N2O3/c1-3-17(4-2)12-9-10-18(11-12)15(19)13-7-5-6-8-14(13)16(20)21/h5-8,12H,3-4,9-11H2,1-2H3,(H,20,21). The van der Waals surface area contributed by atoms with Gasteiger partial charge < -0.3 is 10.0 Å². The van der Waals surface area contributed by atoms with Gasteiger partial charge in [0.25, 0.3) is 5.91 Å². The van der Waals surface area contributed by atoms with Crippen LogP contribution in [0.2, 0.25) is 0 Å². The van der Waals surface area contributed by atoms with Crippen LogP contribution in [0.25, 0.3) is 0 Å². The van der Waals surface area contributed by atoms with Gasteiger partial charge in [-0.25, -0.2) is 4.79 Å². The van der Waals surface area contributed by atoms with Crippen LogP contribution in [0.4, 0.5) is 0 Å². The first-order valence-electron chi connectivity index (χ1n) is 7.44. The lowest BCUT2D eigenvalue weighted by atomic mass is 10.1. The second-order valence-electron chi connectivity index (χ2n) is 5.27. The zero-order valence-corrected chi connectivity index (χ0v) is 12.6. The lowest BCUT2D eigenvalue weighted by molar-refractivity contribution is 0.0679. The summed E-state index contributed by atoms with van der Waals surface area (Å²) in [6, 6.07) is 6.80. The molecule has 1 heterocycles. The van der Waals surface area contributed by atoms with Crippen molar-refractivity contribution in [3.63, 3.8) is 0 Å². The normalized spacial score (nSPS) is 18.2. The second-order valence-corrected chi connectivity index (χ2v) is 5.27. The number of hydrogen-bond donors (Lipinski definition) is 1. The third kappa shape index (κ3) is 3.24. The smallest absolute Gasteiger partial charge is 0.336 e. The van der Waals surface area contributed by atoms with Crippen LogP contribution >= 0.6 is 0 Å². The first-order chi connectivity index (χ1) is 10.1. The SMILES string of the molecule is CCN(CC)C1CCN(C(=O)c2ccccc2C(=O)O)C1. The van der Waals surface area contributed by atoms with E-state index in [4.69, 9.17) is 0 Å². The highest BCUT2D eigenvalue weighted by atomic mass is 16.4. The number of carboxylic acids is 1. The van der Waals surface area contributed by atoms with Crippen molar-refractivity contribution >= 4 is 11.9 Å². The van der Waals surface area contributed by atoms with Gasteiger partial charge in [0.05, 0.1) is 11.1 Å². The molecular formula is C16H22N2O3. The van der Waals surface area contributed by atoms with Gasteiger partial charge >= 0.3 is 5.97 Å². The van der Waals surface area contributed by atoms with Gasteiger partial charge in [-0.2, -0.15) is 0 Å². The van der Waals surface area contributed by atoms with Gasteiger partial charge in [0.15, 0.2) is 0 Å². The summed E-state index contributed by atoms with van der Waals surface area (Å²) in [5.41, 5.74) is 0.360. The summed E-state index contributed by atoms with van der Waals surface area (Å²) >= 11 is 0. The molecule has 1 amide bonds. The Morgan fingerprint density at radius 1 is 1.24 bits per heavy atom. The third-order valence-corrected chi connectivity index (χ3v) is 4.17. The number of nitrogens with zero attached hydrogens (tertiary/aromatic N) is 2. The van der Waals surface area contributed by atoms with Crippen LogP contribution in [0.15, 0.2) is 24.3 Å². The maximum Gasteiger partial charge on any atom is 0.336 e. The predicted octanol–water partition coefficient (Wildman–Crippen LogP) is 1.94. The van der Waals surface area contributed by atoms with Crippen LogP contribution in [0.5, 0.6) is 0 Å². The van der Waals surface area contributed by atoms with E-state index in [0.29, 0.717) is 19.1 Å².